The minimum atomic E-state index is -0.562. The van der Waals surface area contributed by atoms with Gasteiger partial charge in [0.15, 0.2) is 0 Å². The Hall–Kier alpha value is -1.00. The van der Waals surface area contributed by atoms with Crippen molar-refractivity contribution in [2.24, 2.45) is 11.7 Å². The van der Waals surface area contributed by atoms with Crippen molar-refractivity contribution in [3.63, 3.8) is 0 Å². The lowest BCUT2D eigenvalue weighted by Gasteiger charge is -2.30. The summed E-state index contributed by atoms with van der Waals surface area (Å²) in [5.41, 5.74) is 6.58. The quantitative estimate of drug-likeness (QED) is 0.795. The largest absolute Gasteiger partial charge is 0.368 e. The van der Waals surface area contributed by atoms with E-state index >= 15 is 0 Å². The van der Waals surface area contributed by atoms with E-state index in [0.717, 1.165) is 12.8 Å². The molecule has 0 aliphatic heterocycles. The Balaban J connectivity index is 2.06. The third kappa shape index (κ3) is 3.61. The number of rotatable bonds is 6. The number of nitrogens with two attached hydrogens (primary N) is 1. The van der Waals surface area contributed by atoms with Crippen LogP contribution in [0, 0.1) is 5.92 Å². The third-order valence-electron chi connectivity index (χ3n) is 4.35. The summed E-state index contributed by atoms with van der Waals surface area (Å²) < 4.78 is 0. The van der Waals surface area contributed by atoms with Crippen molar-refractivity contribution in [1.29, 1.82) is 0 Å². The molecule has 1 amide bonds. The number of hydrogen-bond acceptors (Lipinski definition) is 3. The van der Waals surface area contributed by atoms with Gasteiger partial charge in [0.25, 0.3) is 0 Å². The summed E-state index contributed by atoms with van der Waals surface area (Å²) in [6.45, 7) is 6.63. The second-order valence-corrected chi connectivity index (χ2v) is 7.97. The fourth-order valence-corrected chi connectivity index (χ4v) is 3.86. The first kappa shape index (κ1) is 16.4. The normalized spacial score (nSPS) is 18.3. The molecule has 4 heteroatoms. The number of benzene rings is 1. The van der Waals surface area contributed by atoms with Crippen molar-refractivity contribution < 1.29 is 4.79 Å². The minimum Gasteiger partial charge on any atom is -0.368 e. The van der Waals surface area contributed by atoms with E-state index < -0.39 is 5.54 Å². The van der Waals surface area contributed by atoms with Crippen LogP contribution >= 0.6 is 11.8 Å². The van der Waals surface area contributed by atoms with Gasteiger partial charge in [0, 0.05) is 10.6 Å². The zero-order valence-corrected chi connectivity index (χ0v) is 14.2. The lowest BCUT2D eigenvalue weighted by molar-refractivity contribution is -0.124. The van der Waals surface area contributed by atoms with E-state index in [1.54, 1.807) is 11.8 Å². The number of thioether (sulfide) groups is 1. The van der Waals surface area contributed by atoms with Gasteiger partial charge in [0.05, 0.1) is 0 Å². The summed E-state index contributed by atoms with van der Waals surface area (Å²) in [7, 11) is 1.84. The van der Waals surface area contributed by atoms with Crippen LogP contribution in [0.4, 0.5) is 0 Å². The summed E-state index contributed by atoms with van der Waals surface area (Å²) >= 11 is 1.70. The fraction of sp³-hybridized carbons (Fsp3) is 0.588. The van der Waals surface area contributed by atoms with Crippen LogP contribution in [0.5, 0.6) is 0 Å². The highest BCUT2D eigenvalue weighted by Gasteiger charge is 2.48. The van der Waals surface area contributed by atoms with Gasteiger partial charge in [-0.15, -0.1) is 11.8 Å². The van der Waals surface area contributed by atoms with Crippen LogP contribution in [0.2, 0.25) is 0 Å². The maximum Gasteiger partial charge on any atom is 0.238 e. The number of carbonyl (C=O) groups excluding carboxylic acids is 1. The Morgan fingerprint density at radius 3 is 2.24 bits per heavy atom. The summed E-state index contributed by atoms with van der Waals surface area (Å²) in [4.78, 5) is 13.1. The minimum absolute atomic E-state index is 0.166. The Kier molecular flexibility index (Phi) is 4.69. The SMILES string of the molecule is CNC(CSc1ccc(C(C)(C)C)cc1)(C(N)=O)C1CC1. The van der Waals surface area contributed by atoms with E-state index in [9.17, 15) is 4.79 Å². The van der Waals surface area contributed by atoms with E-state index in [1.165, 1.54) is 10.5 Å². The van der Waals surface area contributed by atoms with Crippen molar-refractivity contribution in [2.75, 3.05) is 12.8 Å². The second kappa shape index (κ2) is 6.01. The van der Waals surface area contributed by atoms with E-state index in [-0.39, 0.29) is 11.3 Å². The maximum atomic E-state index is 11.9. The van der Waals surface area contributed by atoms with Crippen molar-refractivity contribution in [3.05, 3.63) is 29.8 Å². The smallest absolute Gasteiger partial charge is 0.238 e. The molecule has 1 aliphatic rings. The van der Waals surface area contributed by atoms with Gasteiger partial charge >= 0.3 is 0 Å². The summed E-state index contributed by atoms with van der Waals surface area (Å²) in [5, 5.41) is 3.19. The number of amides is 1. The van der Waals surface area contributed by atoms with Crippen LogP contribution in [-0.2, 0) is 10.2 Å². The number of carbonyl (C=O) groups is 1. The molecule has 1 aromatic carbocycles. The highest BCUT2D eigenvalue weighted by molar-refractivity contribution is 7.99. The molecule has 0 spiro atoms. The van der Waals surface area contributed by atoms with Crippen LogP contribution < -0.4 is 11.1 Å². The molecule has 116 valence electrons. The third-order valence-corrected chi connectivity index (χ3v) is 5.55. The highest BCUT2D eigenvalue weighted by Crippen LogP contribution is 2.42. The fourth-order valence-electron chi connectivity index (χ4n) is 2.61. The molecule has 1 fully saturated rings. The average molecular weight is 306 g/mol. The molecule has 1 atom stereocenters. The van der Waals surface area contributed by atoms with Gasteiger partial charge < -0.3 is 11.1 Å². The monoisotopic (exact) mass is 306 g/mol. The molecular weight excluding hydrogens is 280 g/mol. The highest BCUT2D eigenvalue weighted by atomic mass is 32.2. The molecule has 3 nitrogen and oxygen atoms in total. The standard InChI is InChI=1S/C17H26N2OS/c1-16(2,3)12-7-9-14(10-8-12)21-11-17(19-4,15(18)20)13-5-6-13/h7-10,13,19H,5-6,11H2,1-4H3,(H2,18,20). The van der Waals surface area contributed by atoms with Crippen molar-refractivity contribution >= 4 is 17.7 Å². The van der Waals surface area contributed by atoms with Gasteiger partial charge in [0.2, 0.25) is 5.91 Å². The van der Waals surface area contributed by atoms with Crippen LogP contribution in [0.25, 0.3) is 0 Å². The molecule has 1 aromatic rings. The van der Waals surface area contributed by atoms with E-state index in [2.05, 4.69) is 50.4 Å². The Labute approximate surface area is 132 Å². The predicted octanol–water partition coefficient (Wildman–Crippen LogP) is 2.93. The first-order chi connectivity index (χ1) is 9.79. The van der Waals surface area contributed by atoms with E-state index in [0.29, 0.717) is 11.7 Å². The molecule has 2 rings (SSSR count). The molecule has 0 bridgehead atoms. The molecule has 1 aliphatic carbocycles. The number of hydrogen-bond donors (Lipinski definition) is 2. The molecule has 0 heterocycles. The zero-order valence-electron chi connectivity index (χ0n) is 13.4. The van der Waals surface area contributed by atoms with Gasteiger partial charge in [0.1, 0.15) is 5.54 Å². The van der Waals surface area contributed by atoms with E-state index in [1.807, 2.05) is 7.05 Å². The summed E-state index contributed by atoms with van der Waals surface area (Å²) in [6.07, 6.45) is 2.18. The summed E-state index contributed by atoms with van der Waals surface area (Å²) in [5.74, 6) is 0.853. The van der Waals surface area contributed by atoms with Gasteiger partial charge in [-0.2, -0.15) is 0 Å². The summed E-state index contributed by atoms with van der Waals surface area (Å²) in [6, 6.07) is 8.62. The van der Waals surface area contributed by atoms with Gasteiger partial charge in [-0.05, 0) is 48.9 Å². The van der Waals surface area contributed by atoms with E-state index in [4.69, 9.17) is 5.73 Å². The molecule has 0 aromatic heterocycles. The Morgan fingerprint density at radius 2 is 1.86 bits per heavy atom. The molecule has 1 unspecified atom stereocenters. The van der Waals surface area contributed by atoms with Gasteiger partial charge in [-0.1, -0.05) is 32.9 Å². The maximum absolute atomic E-state index is 11.9. The molecule has 3 N–H and O–H groups in total. The molecule has 21 heavy (non-hydrogen) atoms. The average Bonchev–Trinajstić information content (AvgIpc) is 3.24. The molecular formula is C17H26N2OS. The number of nitrogens with one attached hydrogen (secondary N) is 1. The second-order valence-electron chi connectivity index (χ2n) is 6.92. The Bertz CT molecular complexity index is 503. The molecule has 0 saturated heterocycles. The van der Waals surface area contributed by atoms with Crippen LogP contribution in [-0.4, -0.2) is 24.2 Å². The van der Waals surface area contributed by atoms with Crippen LogP contribution in [0.3, 0.4) is 0 Å². The van der Waals surface area contributed by atoms with Crippen molar-refractivity contribution in [1.82, 2.24) is 5.32 Å². The molecule has 0 radical (unpaired) electrons. The number of primary amides is 1. The lowest BCUT2D eigenvalue weighted by atomic mass is 9.87. The van der Waals surface area contributed by atoms with Gasteiger partial charge in [-0.3, -0.25) is 4.79 Å². The predicted molar refractivity (Wildman–Crippen MR) is 89.6 cm³/mol. The number of likely N-dealkylation sites (N-methyl/N-ethyl adjacent to an activating group) is 1. The first-order valence-electron chi connectivity index (χ1n) is 7.52. The first-order valence-corrected chi connectivity index (χ1v) is 8.50. The van der Waals surface area contributed by atoms with Crippen LogP contribution in [0.1, 0.15) is 39.2 Å². The Morgan fingerprint density at radius 1 is 1.29 bits per heavy atom. The lowest BCUT2D eigenvalue weighted by Crippen LogP contribution is -2.57. The molecule has 1 saturated carbocycles. The van der Waals surface area contributed by atoms with Crippen LogP contribution in [0.15, 0.2) is 29.2 Å². The van der Waals surface area contributed by atoms with Crippen molar-refractivity contribution in [3.8, 4) is 0 Å². The van der Waals surface area contributed by atoms with Crippen molar-refractivity contribution in [2.45, 2.75) is 49.5 Å². The zero-order chi connectivity index (χ0) is 15.7. The van der Waals surface area contributed by atoms with Gasteiger partial charge in [-0.25, -0.2) is 0 Å². The topological polar surface area (TPSA) is 55.1 Å².